The molecule has 2 aromatic carbocycles. The second kappa shape index (κ2) is 6.95. The van der Waals surface area contributed by atoms with E-state index in [0.29, 0.717) is 29.7 Å². The Labute approximate surface area is 149 Å². The number of nitrogens with one attached hydrogen (secondary N) is 3. The fourth-order valence-corrected chi connectivity index (χ4v) is 2.82. The summed E-state index contributed by atoms with van der Waals surface area (Å²) in [6.45, 7) is 1.90. The summed E-state index contributed by atoms with van der Waals surface area (Å²) in [6.07, 6.45) is 0.390. The van der Waals surface area contributed by atoms with Gasteiger partial charge in [-0.1, -0.05) is 30.3 Å². The predicted molar refractivity (Wildman–Crippen MR) is 92.9 cm³/mol. The average molecular weight is 355 g/mol. The molecule has 4 amide bonds. The number of halogens is 1. The van der Waals surface area contributed by atoms with Crippen molar-refractivity contribution in [2.24, 2.45) is 0 Å². The molecule has 0 spiro atoms. The Hall–Kier alpha value is -3.22. The maximum absolute atomic E-state index is 13.5. The van der Waals surface area contributed by atoms with Crippen LogP contribution in [0.5, 0.6) is 0 Å². The summed E-state index contributed by atoms with van der Waals surface area (Å²) in [5.41, 5.74) is 0.370. The molecule has 1 saturated heterocycles. The van der Waals surface area contributed by atoms with Gasteiger partial charge in [0.15, 0.2) is 0 Å². The molecule has 0 bridgehead atoms. The zero-order valence-corrected chi connectivity index (χ0v) is 14.1. The lowest BCUT2D eigenvalue weighted by molar-refractivity contribution is -0.123. The summed E-state index contributed by atoms with van der Waals surface area (Å²) in [5, 5.41) is 7.49. The number of hydrogen-bond donors (Lipinski definition) is 3. The summed E-state index contributed by atoms with van der Waals surface area (Å²) in [6, 6.07) is 12.3. The van der Waals surface area contributed by atoms with Crippen LogP contribution in [0.25, 0.3) is 0 Å². The predicted octanol–water partition coefficient (Wildman–Crippen LogP) is 1.85. The van der Waals surface area contributed by atoms with Crippen LogP contribution in [-0.2, 0) is 16.8 Å². The lowest BCUT2D eigenvalue weighted by Crippen LogP contribution is -2.40. The molecule has 0 aromatic heterocycles. The van der Waals surface area contributed by atoms with Crippen molar-refractivity contribution in [2.45, 2.75) is 18.9 Å². The van der Waals surface area contributed by atoms with Crippen molar-refractivity contribution in [1.82, 2.24) is 16.0 Å². The molecule has 3 N–H and O–H groups in total. The molecule has 1 heterocycles. The van der Waals surface area contributed by atoms with Gasteiger partial charge in [0.25, 0.3) is 11.8 Å². The molecule has 26 heavy (non-hydrogen) atoms. The van der Waals surface area contributed by atoms with Crippen LogP contribution in [0.2, 0.25) is 0 Å². The molecule has 1 fully saturated rings. The number of urea groups is 1. The number of carbonyl (C=O) groups is 3. The van der Waals surface area contributed by atoms with Crippen molar-refractivity contribution in [3.63, 3.8) is 0 Å². The van der Waals surface area contributed by atoms with Crippen LogP contribution in [0.4, 0.5) is 9.18 Å². The normalized spacial score (nSPS) is 19.0. The van der Waals surface area contributed by atoms with Crippen molar-refractivity contribution >= 4 is 17.8 Å². The summed E-state index contributed by atoms with van der Waals surface area (Å²) >= 11 is 0. The molecule has 1 aliphatic heterocycles. The van der Waals surface area contributed by atoms with E-state index in [1.54, 1.807) is 49.4 Å². The van der Waals surface area contributed by atoms with Crippen molar-refractivity contribution < 1.29 is 18.8 Å². The van der Waals surface area contributed by atoms with Gasteiger partial charge in [-0.25, -0.2) is 9.18 Å². The highest BCUT2D eigenvalue weighted by Crippen LogP contribution is 2.24. The van der Waals surface area contributed by atoms with E-state index < -0.39 is 17.5 Å². The van der Waals surface area contributed by atoms with Crippen LogP contribution in [0.15, 0.2) is 48.5 Å². The van der Waals surface area contributed by atoms with Crippen molar-refractivity contribution in [3.05, 3.63) is 71.0 Å². The molecule has 2 aromatic rings. The van der Waals surface area contributed by atoms with Crippen molar-refractivity contribution in [2.75, 3.05) is 6.54 Å². The topological polar surface area (TPSA) is 87.3 Å². The van der Waals surface area contributed by atoms with E-state index >= 15 is 0 Å². The number of amides is 4. The van der Waals surface area contributed by atoms with Gasteiger partial charge in [-0.05, 0) is 42.7 Å². The highest BCUT2D eigenvalue weighted by molar-refractivity contribution is 6.07. The van der Waals surface area contributed by atoms with Gasteiger partial charge in [0.1, 0.15) is 11.4 Å². The standard InChI is InChI=1S/C19H18FN3O3/c1-19(17(25)22-18(26)23-19)14-8-6-13(7-9-14)16(24)21-11-10-12-4-2-3-5-15(12)20/h2-9H,10-11H2,1H3,(H,21,24)(H2,22,23,25,26)/t19-/m1/s1. The lowest BCUT2D eigenvalue weighted by atomic mass is 9.91. The van der Waals surface area contributed by atoms with Gasteiger partial charge in [-0.3, -0.25) is 14.9 Å². The fourth-order valence-electron chi connectivity index (χ4n) is 2.82. The lowest BCUT2D eigenvalue weighted by Gasteiger charge is -2.21. The molecule has 1 aliphatic rings. The van der Waals surface area contributed by atoms with Gasteiger partial charge in [0.2, 0.25) is 0 Å². The van der Waals surface area contributed by atoms with E-state index in [2.05, 4.69) is 16.0 Å². The average Bonchev–Trinajstić information content (AvgIpc) is 2.89. The van der Waals surface area contributed by atoms with Crippen LogP contribution < -0.4 is 16.0 Å². The molecule has 7 heteroatoms. The minimum atomic E-state index is -1.16. The van der Waals surface area contributed by atoms with Gasteiger partial charge >= 0.3 is 6.03 Å². The molecular formula is C19H18FN3O3. The first-order valence-electron chi connectivity index (χ1n) is 8.16. The second-order valence-electron chi connectivity index (χ2n) is 6.21. The fraction of sp³-hybridized carbons (Fsp3) is 0.211. The van der Waals surface area contributed by atoms with Gasteiger partial charge in [0, 0.05) is 12.1 Å². The Morgan fingerprint density at radius 2 is 1.81 bits per heavy atom. The number of benzene rings is 2. The van der Waals surface area contributed by atoms with Gasteiger partial charge in [0.05, 0.1) is 0 Å². The number of rotatable bonds is 5. The third-order valence-corrected chi connectivity index (χ3v) is 4.41. The highest BCUT2D eigenvalue weighted by atomic mass is 19.1. The van der Waals surface area contributed by atoms with E-state index in [-0.39, 0.29) is 11.7 Å². The van der Waals surface area contributed by atoms with Crippen LogP contribution >= 0.6 is 0 Å². The van der Waals surface area contributed by atoms with E-state index in [4.69, 9.17) is 0 Å². The summed E-state index contributed by atoms with van der Waals surface area (Å²) in [5.74, 6) is -1.03. The third-order valence-electron chi connectivity index (χ3n) is 4.41. The Bertz CT molecular complexity index is 867. The molecular weight excluding hydrogens is 337 g/mol. The summed E-state index contributed by atoms with van der Waals surface area (Å²) in [7, 11) is 0. The largest absolute Gasteiger partial charge is 0.352 e. The summed E-state index contributed by atoms with van der Waals surface area (Å²) < 4.78 is 13.5. The van der Waals surface area contributed by atoms with Crippen LogP contribution in [0, 0.1) is 5.82 Å². The minimum absolute atomic E-state index is 0.294. The molecule has 0 saturated carbocycles. The van der Waals surface area contributed by atoms with Crippen LogP contribution in [-0.4, -0.2) is 24.4 Å². The number of imide groups is 1. The maximum atomic E-state index is 13.5. The molecule has 0 unspecified atom stereocenters. The molecule has 0 radical (unpaired) electrons. The monoisotopic (exact) mass is 355 g/mol. The SMILES string of the molecule is C[C@]1(c2ccc(C(=O)NCCc3ccccc3F)cc2)NC(=O)NC1=O. The Morgan fingerprint density at radius 1 is 1.12 bits per heavy atom. The minimum Gasteiger partial charge on any atom is -0.352 e. The first kappa shape index (κ1) is 17.6. The van der Waals surface area contributed by atoms with Gasteiger partial charge < -0.3 is 10.6 Å². The van der Waals surface area contributed by atoms with Crippen LogP contribution in [0.1, 0.15) is 28.4 Å². The van der Waals surface area contributed by atoms with Crippen LogP contribution in [0.3, 0.4) is 0 Å². The molecule has 6 nitrogen and oxygen atoms in total. The van der Waals surface area contributed by atoms with Gasteiger partial charge in [-0.15, -0.1) is 0 Å². The Kier molecular flexibility index (Phi) is 4.71. The number of hydrogen-bond acceptors (Lipinski definition) is 3. The van der Waals surface area contributed by atoms with Crippen molar-refractivity contribution in [3.8, 4) is 0 Å². The quantitative estimate of drug-likeness (QED) is 0.716. The Morgan fingerprint density at radius 3 is 2.42 bits per heavy atom. The molecule has 0 aliphatic carbocycles. The number of carbonyl (C=O) groups excluding carboxylic acids is 3. The summed E-state index contributed by atoms with van der Waals surface area (Å²) in [4.78, 5) is 35.5. The van der Waals surface area contributed by atoms with E-state index in [0.717, 1.165) is 0 Å². The van der Waals surface area contributed by atoms with E-state index in [1.165, 1.54) is 6.07 Å². The smallest absolute Gasteiger partial charge is 0.322 e. The maximum Gasteiger partial charge on any atom is 0.322 e. The highest BCUT2D eigenvalue weighted by Gasteiger charge is 2.43. The first-order chi connectivity index (χ1) is 12.4. The first-order valence-corrected chi connectivity index (χ1v) is 8.16. The third kappa shape index (κ3) is 3.42. The zero-order chi connectivity index (χ0) is 18.7. The molecule has 3 rings (SSSR count). The second-order valence-corrected chi connectivity index (χ2v) is 6.21. The van der Waals surface area contributed by atoms with Gasteiger partial charge in [-0.2, -0.15) is 0 Å². The van der Waals surface area contributed by atoms with E-state index in [9.17, 15) is 18.8 Å². The van der Waals surface area contributed by atoms with Crippen molar-refractivity contribution in [1.29, 1.82) is 0 Å². The molecule has 134 valence electrons. The zero-order valence-electron chi connectivity index (χ0n) is 14.1. The van der Waals surface area contributed by atoms with E-state index in [1.807, 2.05) is 0 Å². The Balaban J connectivity index is 1.61. The molecule has 1 atom stereocenters.